The number of carboxylic acids is 1. The molecule has 0 saturated heterocycles. The van der Waals surface area contributed by atoms with Crippen molar-refractivity contribution in [3.8, 4) is 0 Å². The Labute approximate surface area is 121 Å². The number of nitrogens with two attached hydrogens (primary N) is 1. The van der Waals surface area contributed by atoms with Crippen LogP contribution in [0.2, 0.25) is 0 Å². The van der Waals surface area contributed by atoms with Gasteiger partial charge in [-0.1, -0.05) is 6.07 Å². The Morgan fingerprint density at radius 1 is 1.43 bits per heavy atom. The van der Waals surface area contributed by atoms with Crippen molar-refractivity contribution in [2.75, 3.05) is 5.75 Å². The number of fused-ring (bicyclic) bond motifs is 1. The molecule has 3 N–H and O–H groups in total. The monoisotopic (exact) mass is 309 g/mol. The van der Waals surface area contributed by atoms with Crippen LogP contribution < -0.4 is 5.14 Å². The van der Waals surface area contributed by atoms with Gasteiger partial charge in [-0.25, -0.2) is 23.3 Å². The van der Waals surface area contributed by atoms with Crippen molar-refractivity contribution in [3.05, 3.63) is 29.6 Å². The number of aromatic nitrogens is 2. The minimum atomic E-state index is -3.58. The summed E-state index contributed by atoms with van der Waals surface area (Å²) in [6.07, 6.45) is 1.97. The number of aryl methyl sites for hydroxylation is 1. The molecule has 0 aliphatic heterocycles. The SMILES string of the molecule is NS(=O)(=O)CCn1c(C2CC2)nc2c(C(=O)O)cccc21. The van der Waals surface area contributed by atoms with Crippen LogP contribution in [-0.4, -0.2) is 34.8 Å². The van der Waals surface area contributed by atoms with Crippen molar-refractivity contribution in [1.82, 2.24) is 9.55 Å². The van der Waals surface area contributed by atoms with Crippen molar-refractivity contribution in [1.29, 1.82) is 0 Å². The summed E-state index contributed by atoms with van der Waals surface area (Å²) in [7, 11) is -3.58. The molecular weight excluding hydrogens is 294 g/mol. The fourth-order valence-corrected chi connectivity index (χ4v) is 2.88. The van der Waals surface area contributed by atoms with Crippen LogP contribution in [0.3, 0.4) is 0 Å². The first-order valence-corrected chi connectivity index (χ1v) is 8.31. The van der Waals surface area contributed by atoms with Crippen LogP contribution >= 0.6 is 0 Å². The van der Waals surface area contributed by atoms with E-state index in [1.54, 1.807) is 16.7 Å². The summed E-state index contributed by atoms with van der Waals surface area (Å²) in [5, 5.41) is 14.3. The Kier molecular flexibility index (Phi) is 3.22. The molecule has 1 aliphatic rings. The summed E-state index contributed by atoms with van der Waals surface area (Å²) >= 11 is 0. The van der Waals surface area contributed by atoms with E-state index in [9.17, 15) is 18.3 Å². The first-order chi connectivity index (χ1) is 9.87. The predicted molar refractivity (Wildman–Crippen MR) is 76.6 cm³/mol. The molecule has 0 bridgehead atoms. The highest BCUT2D eigenvalue weighted by Gasteiger charge is 2.30. The molecule has 1 aliphatic carbocycles. The zero-order chi connectivity index (χ0) is 15.2. The van der Waals surface area contributed by atoms with Gasteiger partial charge in [0, 0.05) is 12.5 Å². The van der Waals surface area contributed by atoms with Gasteiger partial charge >= 0.3 is 5.97 Å². The van der Waals surface area contributed by atoms with Gasteiger partial charge in [-0.05, 0) is 25.0 Å². The van der Waals surface area contributed by atoms with Crippen molar-refractivity contribution < 1.29 is 18.3 Å². The molecule has 7 nitrogen and oxygen atoms in total. The van der Waals surface area contributed by atoms with Gasteiger partial charge in [0.05, 0.1) is 16.8 Å². The van der Waals surface area contributed by atoms with E-state index in [1.165, 1.54) is 6.07 Å². The topological polar surface area (TPSA) is 115 Å². The van der Waals surface area contributed by atoms with Crippen LogP contribution in [0, 0.1) is 0 Å². The van der Waals surface area contributed by atoms with Gasteiger partial charge in [0.15, 0.2) is 0 Å². The normalized spacial score (nSPS) is 15.5. The van der Waals surface area contributed by atoms with Gasteiger partial charge in [-0.2, -0.15) is 0 Å². The highest BCUT2D eigenvalue weighted by Crippen LogP contribution is 2.41. The van der Waals surface area contributed by atoms with Gasteiger partial charge in [0.25, 0.3) is 0 Å². The number of hydrogen-bond acceptors (Lipinski definition) is 4. The van der Waals surface area contributed by atoms with Crippen molar-refractivity contribution >= 4 is 27.0 Å². The highest BCUT2D eigenvalue weighted by atomic mass is 32.2. The van der Waals surface area contributed by atoms with E-state index in [0.717, 1.165) is 18.7 Å². The Bertz CT molecular complexity index is 821. The molecule has 1 heterocycles. The molecule has 0 spiro atoms. The molecule has 0 atom stereocenters. The largest absolute Gasteiger partial charge is 0.478 e. The minimum Gasteiger partial charge on any atom is -0.478 e. The number of hydrogen-bond donors (Lipinski definition) is 2. The zero-order valence-corrected chi connectivity index (χ0v) is 12.0. The van der Waals surface area contributed by atoms with Crippen LogP contribution in [0.1, 0.15) is 34.9 Å². The van der Waals surface area contributed by atoms with Crippen LogP contribution in [0.4, 0.5) is 0 Å². The molecule has 0 radical (unpaired) electrons. The van der Waals surface area contributed by atoms with Crippen LogP contribution in [0.5, 0.6) is 0 Å². The van der Waals surface area contributed by atoms with E-state index in [1.807, 2.05) is 0 Å². The Balaban J connectivity index is 2.14. The molecule has 2 aromatic rings. The first-order valence-electron chi connectivity index (χ1n) is 6.60. The van der Waals surface area contributed by atoms with E-state index in [2.05, 4.69) is 4.98 Å². The Hall–Kier alpha value is -1.93. The second kappa shape index (κ2) is 4.81. The zero-order valence-electron chi connectivity index (χ0n) is 11.2. The summed E-state index contributed by atoms with van der Waals surface area (Å²) in [6, 6.07) is 4.89. The quantitative estimate of drug-likeness (QED) is 0.851. The van der Waals surface area contributed by atoms with E-state index in [0.29, 0.717) is 11.0 Å². The molecule has 8 heteroatoms. The second-order valence-corrected chi connectivity index (χ2v) is 6.98. The van der Waals surface area contributed by atoms with Gasteiger partial charge in [-0.15, -0.1) is 0 Å². The summed E-state index contributed by atoms with van der Waals surface area (Å²) < 4.78 is 24.2. The van der Waals surface area contributed by atoms with Crippen LogP contribution in [0.25, 0.3) is 11.0 Å². The molecule has 1 fully saturated rings. The molecular formula is C13H15N3O4S. The molecule has 1 aromatic heterocycles. The van der Waals surface area contributed by atoms with Crippen LogP contribution in [-0.2, 0) is 16.6 Å². The number of primary sulfonamides is 1. The van der Waals surface area contributed by atoms with E-state index in [4.69, 9.17) is 5.14 Å². The minimum absolute atomic E-state index is 0.128. The summed E-state index contributed by atoms with van der Waals surface area (Å²) in [4.78, 5) is 15.7. The molecule has 112 valence electrons. The second-order valence-electron chi connectivity index (χ2n) is 5.24. The number of imidazole rings is 1. The third kappa shape index (κ3) is 2.77. The summed E-state index contributed by atoms with van der Waals surface area (Å²) in [5.74, 6) is -0.212. The maximum Gasteiger partial charge on any atom is 0.337 e. The molecule has 0 amide bonds. The fourth-order valence-electron chi connectivity index (χ4n) is 2.44. The molecule has 1 saturated carbocycles. The molecule has 21 heavy (non-hydrogen) atoms. The number of carboxylic acid groups (broad SMARTS) is 1. The number of aromatic carboxylic acids is 1. The van der Waals surface area contributed by atoms with Gasteiger partial charge in [-0.3, -0.25) is 0 Å². The third-order valence-electron chi connectivity index (χ3n) is 3.58. The van der Waals surface area contributed by atoms with Crippen molar-refractivity contribution in [2.24, 2.45) is 5.14 Å². The number of para-hydroxylation sites is 1. The number of carbonyl (C=O) groups is 1. The number of nitrogens with zero attached hydrogens (tertiary/aromatic N) is 2. The predicted octanol–water partition coefficient (Wildman–Crippen LogP) is 0.900. The standard InChI is InChI=1S/C13H15N3O4S/c14-21(19,20)7-6-16-10-3-1-2-9(13(17)18)11(10)15-12(16)8-4-5-8/h1-3,8H,4-7H2,(H,17,18)(H2,14,19,20). The third-order valence-corrected chi connectivity index (χ3v) is 4.33. The molecule has 1 aromatic carbocycles. The number of rotatable bonds is 5. The average Bonchev–Trinajstić information content (AvgIpc) is 3.16. The van der Waals surface area contributed by atoms with Crippen molar-refractivity contribution in [2.45, 2.75) is 25.3 Å². The lowest BCUT2D eigenvalue weighted by molar-refractivity contribution is 0.0699. The smallest absolute Gasteiger partial charge is 0.337 e. The summed E-state index contributed by atoms with van der Waals surface area (Å²) in [5.41, 5.74) is 1.17. The average molecular weight is 309 g/mol. The molecule has 3 rings (SSSR count). The number of sulfonamides is 1. The lowest BCUT2D eigenvalue weighted by Crippen LogP contribution is -2.21. The van der Waals surface area contributed by atoms with Gasteiger partial charge < -0.3 is 9.67 Å². The fraction of sp³-hybridized carbons (Fsp3) is 0.385. The Morgan fingerprint density at radius 3 is 2.71 bits per heavy atom. The van der Waals surface area contributed by atoms with E-state index >= 15 is 0 Å². The van der Waals surface area contributed by atoms with E-state index < -0.39 is 16.0 Å². The van der Waals surface area contributed by atoms with Gasteiger partial charge in [0.2, 0.25) is 10.0 Å². The van der Waals surface area contributed by atoms with E-state index in [-0.39, 0.29) is 23.8 Å². The lowest BCUT2D eigenvalue weighted by Gasteiger charge is -2.07. The van der Waals surface area contributed by atoms with Crippen LogP contribution in [0.15, 0.2) is 18.2 Å². The van der Waals surface area contributed by atoms with Crippen molar-refractivity contribution in [3.63, 3.8) is 0 Å². The highest BCUT2D eigenvalue weighted by molar-refractivity contribution is 7.89. The first kappa shape index (κ1) is 14.0. The maximum atomic E-state index is 11.3. The molecule has 0 unspecified atom stereocenters. The number of benzene rings is 1. The maximum absolute atomic E-state index is 11.3. The Morgan fingerprint density at radius 2 is 2.14 bits per heavy atom. The summed E-state index contributed by atoms with van der Waals surface area (Å²) in [6.45, 7) is 0.185. The van der Waals surface area contributed by atoms with Gasteiger partial charge in [0.1, 0.15) is 11.3 Å². The lowest BCUT2D eigenvalue weighted by atomic mass is 10.2.